The molecule has 0 amide bonds. The van der Waals surface area contributed by atoms with Gasteiger partial charge in [0.2, 0.25) is 0 Å². The van der Waals surface area contributed by atoms with Gasteiger partial charge in [0, 0.05) is 10.8 Å². The summed E-state index contributed by atoms with van der Waals surface area (Å²) in [6.07, 6.45) is 0. The van der Waals surface area contributed by atoms with E-state index in [1.54, 1.807) is 0 Å². The molecule has 10 rings (SSSR count). The van der Waals surface area contributed by atoms with Gasteiger partial charge in [-0.3, -0.25) is 0 Å². The minimum Gasteiger partial charge on any atom is -0.456 e. The van der Waals surface area contributed by atoms with E-state index < -0.39 is 0 Å². The third-order valence-electron chi connectivity index (χ3n) is 10.3. The van der Waals surface area contributed by atoms with Crippen molar-refractivity contribution in [3.8, 4) is 44.5 Å². The Balaban J connectivity index is 1.13. The van der Waals surface area contributed by atoms with Crippen LogP contribution in [0.2, 0.25) is 0 Å². The Kier molecular flexibility index (Phi) is 6.47. The van der Waals surface area contributed by atoms with Gasteiger partial charge >= 0.3 is 0 Å². The fraction of sp³-hybridized carbons (Fsp3) is 0.0204. The zero-order valence-electron chi connectivity index (χ0n) is 27.7. The van der Waals surface area contributed by atoms with E-state index >= 15 is 0 Å². The number of hydrogen-bond donors (Lipinski definition) is 0. The molecule has 0 spiro atoms. The zero-order valence-corrected chi connectivity index (χ0v) is 27.7. The summed E-state index contributed by atoms with van der Waals surface area (Å²) >= 11 is 0. The highest BCUT2D eigenvalue weighted by Crippen LogP contribution is 2.46. The summed E-state index contributed by atoms with van der Waals surface area (Å²) in [6, 6.07) is 63.9. The van der Waals surface area contributed by atoms with Crippen LogP contribution in [0.25, 0.3) is 98.8 Å². The lowest BCUT2D eigenvalue weighted by atomic mass is 9.84. The third-order valence-corrected chi connectivity index (χ3v) is 10.3. The third kappa shape index (κ3) is 4.48. The van der Waals surface area contributed by atoms with Gasteiger partial charge in [-0.15, -0.1) is 0 Å². The molecule has 0 bridgehead atoms. The van der Waals surface area contributed by atoms with Gasteiger partial charge in [-0.05, 0) is 102 Å². The smallest absolute Gasteiger partial charge is 0.136 e. The fourth-order valence-electron chi connectivity index (χ4n) is 8.06. The van der Waals surface area contributed by atoms with Gasteiger partial charge in [0.25, 0.3) is 0 Å². The summed E-state index contributed by atoms with van der Waals surface area (Å²) in [5.74, 6) is 0. The van der Waals surface area contributed by atoms with E-state index in [4.69, 9.17) is 4.42 Å². The van der Waals surface area contributed by atoms with Crippen molar-refractivity contribution in [3.05, 3.63) is 181 Å². The van der Waals surface area contributed by atoms with Crippen LogP contribution < -0.4 is 0 Å². The summed E-state index contributed by atoms with van der Waals surface area (Å²) in [7, 11) is 0. The van der Waals surface area contributed by atoms with Crippen molar-refractivity contribution in [2.45, 2.75) is 6.92 Å². The second-order valence-electron chi connectivity index (χ2n) is 13.3. The Labute approximate surface area is 290 Å². The molecule has 1 aromatic heterocycles. The summed E-state index contributed by atoms with van der Waals surface area (Å²) in [4.78, 5) is 0. The maximum Gasteiger partial charge on any atom is 0.136 e. The zero-order chi connectivity index (χ0) is 33.2. The summed E-state index contributed by atoms with van der Waals surface area (Å²) in [5, 5.41) is 9.87. The molecular weight excluding hydrogens is 605 g/mol. The Hall–Kier alpha value is -6.44. The molecule has 50 heavy (non-hydrogen) atoms. The Bertz CT molecular complexity index is 2860. The van der Waals surface area contributed by atoms with Crippen molar-refractivity contribution in [3.63, 3.8) is 0 Å². The molecule has 1 heterocycles. The molecule has 0 saturated carbocycles. The first-order chi connectivity index (χ1) is 24.7. The topological polar surface area (TPSA) is 13.1 Å². The lowest BCUT2D eigenvalue weighted by Gasteiger charge is -2.19. The van der Waals surface area contributed by atoms with Crippen LogP contribution in [-0.4, -0.2) is 0 Å². The minimum absolute atomic E-state index is 0.906. The predicted molar refractivity (Wildman–Crippen MR) is 213 cm³/mol. The molecule has 1 heteroatoms. The molecule has 234 valence electrons. The number of aryl methyl sites for hydroxylation is 1. The van der Waals surface area contributed by atoms with Gasteiger partial charge in [-0.1, -0.05) is 163 Å². The highest BCUT2D eigenvalue weighted by atomic mass is 16.3. The lowest BCUT2D eigenvalue weighted by Crippen LogP contribution is -1.91. The average molecular weight is 637 g/mol. The molecule has 0 unspecified atom stereocenters. The van der Waals surface area contributed by atoms with Crippen molar-refractivity contribution >= 4 is 54.3 Å². The normalized spacial score (nSPS) is 11.7. The molecule has 0 saturated heterocycles. The van der Waals surface area contributed by atoms with E-state index in [1.165, 1.54) is 76.8 Å². The van der Waals surface area contributed by atoms with Crippen molar-refractivity contribution in [2.24, 2.45) is 0 Å². The first kappa shape index (κ1) is 28.6. The monoisotopic (exact) mass is 636 g/mol. The van der Waals surface area contributed by atoms with E-state index in [2.05, 4.69) is 183 Å². The molecule has 10 aromatic rings. The van der Waals surface area contributed by atoms with Crippen LogP contribution in [0.1, 0.15) is 5.56 Å². The van der Waals surface area contributed by atoms with Crippen LogP contribution >= 0.6 is 0 Å². The van der Waals surface area contributed by atoms with Gasteiger partial charge in [0.1, 0.15) is 11.2 Å². The average Bonchev–Trinajstić information content (AvgIpc) is 3.55. The first-order valence-corrected chi connectivity index (χ1v) is 17.3. The van der Waals surface area contributed by atoms with Crippen LogP contribution in [0.15, 0.2) is 180 Å². The molecule has 0 aliphatic carbocycles. The van der Waals surface area contributed by atoms with Gasteiger partial charge in [0.05, 0.1) is 0 Å². The Morgan fingerprint density at radius 3 is 1.64 bits per heavy atom. The van der Waals surface area contributed by atoms with E-state index in [0.29, 0.717) is 0 Å². The molecule has 0 aliphatic heterocycles. The van der Waals surface area contributed by atoms with Gasteiger partial charge in [0.15, 0.2) is 0 Å². The van der Waals surface area contributed by atoms with Crippen LogP contribution in [0.5, 0.6) is 0 Å². The second-order valence-corrected chi connectivity index (χ2v) is 13.3. The first-order valence-electron chi connectivity index (χ1n) is 17.3. The number of furan rings is 1. The quantitative estimate of drug-likeness (QED) is 0.175. The number of fused-ring (bicyclic) bond motifs is 6. The Morgan fingerprint density at radius 1 is 0.340 bits per heavy atom. The lowest BCUT2D eigenvalue weighted by molar-refractivity contribution is 0.669. The maximum atomic E-state index is 6.47. The summed E-state index contributed by atoms with van der Waals surface area (Å²) in [5.41, 5.74) is 12.8. The van der Waals surface area contributed by atoms with Gasteiger partial charge in [-0.2, -0.15) is 0 Å². The Morgan fingerprint density at radius 2 is 0.900 bits per heavy atom. The molecule has 1 nitrogen and oxygen atoms in total. The molecule has 0 radical (unpaired) electrons. The molecule has 0 atom stereocenters. The number of hydrogen-bond acceptors (Lipinski definition) is 1. The van der Waals surface area contributed by atoms with Crippen LogP contribution in [0, 0.1) is 6.92 Å². The SMILES string of the molecule is Cc1cccc(-c2ccc3c(c2)oc2cccc(-c4ccc(-c5c6ccccc6c(-c6cccc7ccccc67)c6ccccc56)cc4)c23)c1. The summed E-state index contributed by atoms with van der Waals surface area (Å²) < 4.78 is 6.47. The second kappa shape index (κ2) is 11.3. The number of benzene rings is 9. The van der Waals surface area contributed by atoms with Crippen LogP contribution in [0.4, 0.5) is 0 Å². The van der Waals surface area contributed by atoms with Crippen molar-refractivity contribution in [2.75, 3.05) is 0 Å². The molecular formula is C49H32O. The highest BCUT2D eigenvalue weighted by Gasteiger charge is 2.19. The van der Waals surface area contributed by atoms with Crippen LogP contribution in [0.3, 0.4) is 0 Å². The van der Waals surface area contributed by atoms with Crippen molar-refractivity contribution in [1.29, 1.82) is 0 Å². The van der Waals surface area contributed by atoms with Crippen LogP contribution in [-0.2, 0) is 0 Å². The standard InChI is InChI=1S/C49H32O/c1-31-11-8-14-35(29-31)36-27-28-44-46(30-36)50-45-22-10-20-38(49(44)45)33-23-25-34(26-24-33)47-40-16-4-6-18-42(40)48(43-19-7-5-17-41(43)47)39-21-9-13-32-12-2-3-15-37(32)39/h2-30H,1H3. The van der Waals surface area contributed by atoms with E-state index in [9.17, 15) is 0 Å². The van der Waals surface area contributed by atoms with Crippen molar-refractivity contribution in [1.82, 2.24) is 0 Å². The van der Waals surface area contributed by atoms with E-state index in [1.807, 2.05) is 0 Å². The predicted octanol–water partition coefficient (Wildman–Crippen LogP) is 14.0. The van der Waals surface area contributed by atoms with Gasteiger partial charge < -0.3 is 4.42 Å². The fourth-order valence-corrected chi connectivity index (χ4v) is 8.06. The molecule has 9 aromatic carbocycles. The van der Waals surface area contributed by atoms with E-state index in [-0.39, 0.29) is 0 Å². The molecule has 0 fully saturated rings. The molecule has 0 aliphatic rings. The largest absolute Gasteiger partial charge is 0.456 e. The minimum atomic E-state index is 0.906. The van der Waals surface area contributed by atoms with Crippen molar-refractivity contribution < 1.29 is 4.42 Å². The maximum absolute atomic E-state index is 6.47. The summed E-state index contributed by atoms with van der Waals surface area (Å²) in [6.45, 7) is 2.13. The molecule has 0 N–H and O–H groups in total. The highest BCUT2D eigenvalue weighted by molar-refractivity contribution is 6.23. The van der Waals surface area contributed by atoms with Gasteiger partial charge in [-0.25, -0.2) is 0 Å². The van der Waals surface area contributed by atoms with E-state index in [0.717, 1.165) is 27.5 Å². The number of rotatable bonds is 4.